The third-order valence-electron chi connectivity index (χ3n) is 6.30. The number of hydrogen-bond donors (Lipinski definition) is 1. The van der Waals surface area contributed by atoms with Gasteiger partial charge in [0, 0.05) is 13.1 Å². The fraction of sp³-hybridized carbons (Fsp3) is 0.429. The third kappa shape index (κ3) is 5.65. The summed E-state index contributed by atoms with van der Waals surface area (Å²) in [4.78, 5) is 30.4. The number of ketones is 1. The van der Waals surface area contributed by atoms with Crippen molar-refractivity contribution in [3.05, 3.63) is 59.2 Å². The van der Waals surface area contributed by atoms with Crippen LogP contribution < -0.4 is 14.2 Å². The number of rotatable bonds is 11. The molecule has 8 heteroatoms. The number of amides is 1. The molecule has 0 bridgehead atoms. The highest BCUT2D eigenvalue weighted by atomic mass is 16.5. The highest BCUT2D eigenvalue weighted by Crippen LogP contribution is 2.42. The van der Waals surface area contributed by atoms with E-state index in [-0.39, 0.29) is 23.0 Å². The van der Waals surface area contributed by atoms with Crippen LogP contribution in [-0.2, 0) is 9.59 Å². The van der Waals surface area contributed by atoms with E-state index < -0.39 is 17.7 Å². The lowest BCUT2D eigenvalue weighted by atomic mass is 9.94. The summed E-state index contributed by atoms with van der Waals surface area (Å²) in [6, 6.07) is 11.5. The number of likely N-dealkylation sites (tertiary alicyclic amines) is 1. The van der Waals surface area contributed by atoms with Crippen LogP contribution in [0, 0.1) is 0 Å². The minimum Gasteiger partial charge on any atom is -0.507 e. The van der Waals surface area contributed by atoms with Crippen LogP contribution >= 0.6 is 0 Å². The van der Waals surface area contributed by atoms with Crippen molar-refractivity contribution in [1.82, 2.24) is 9.80 Å². The number of carbonyl (C=O) groups is 2. The van der Waals surface area contributed by atoms with Gasteiger partial charge in [0.1, 0.15) is 23.0 Å². The number of methoxy groups -OCH3 is 2. The summed E-state index contributed by atoms with van der Waals surface area (Å²) in [5.74, 6) is -0.233. The zero-order valence-electron chi connectivity index (χ0n) is 21.9. The molecule has 0 aliphatic carbocycles. The first-order valence-corrected chi connectivity index (χ1v) is 12.2. The summed E-state index contributed by atoms with van der Waals surface area (Å²) in [5.41, 5.74) is 0.960. The summed E-state index contributed by atoms with van der Waals surface area (Å²) in [5, 5.41) is 11.5. The zero-order chi connectivity index (χ0) is 26.4. The zero-order valence-corrected chi connectivity index (χ0v) is 21.9. The van der Waals surface area contributed by atoms with Gasteiger partial charge in [-0.2, -0.15) is 0 Å². The van der Waals surface area contributed by atoms with Gasteiger partial charge in [-0.25, -0.2) is 0 Å². The lowest BCUT2D eigenvalue weighted by Gasteiger charge is -2.28. The lowest BCUT2D eigenvalue weighted by molar-refractivity contribution is -0.140. The van der Waals surface area contributed by atoms with E-state index in [0.717, 1.165) is 13.1 Å². The summed E-state index contributed by atoms with van der Waals surface area (Å²) in [6.45, 7) is 10.5. The topological polar surface area (TPSA) is 88.5 Å². The van der Waals surface area contributed by atoms with Crippen LogP contribution in [0.4, 0.5) is 0 Å². The predicted molar refractivity (Wildman–Crippen MR) is 139 cm³/mol. The van der Waals surface area contributed by atoms with Gasteiger partial charge < -0.3 is 29.1 Å². The van der Waals surface area contributed by atoms with Gasteiger partial charge >= 0.3 is 0 Å². The summed E-state index contributed by atoms with van der Waals surface area (Å²) >= 11 is 0. The van der Waals surface area contributed by atoms with Crippen molar-refractivity contribution in [3.63, 3.8) is 0 Å². The molecule has 0 radical (unpaired) electrons. The Morgan fingerprint density at radius 3 is 2.36 bits per heavy atom. The minimum atomic E-state index is -0.785. The number of Topliss-reactive ketones (excluding diaryl/α,β-unsaturated/α-hetero) is 1. The van der Waals surface area contributed by atoms with Gasteiger partial charge in [-0.3, -0.25) is 9.59 Å². The predicted octanol–water partition coefficient (Wildman–Crippen LogP) is 4.25. The Balaban J connectivity index is 2.19. The van der Waals surface area contributed by atoms with Gasteiger partial charge in [0.25, 0.3) is 11.7 Å². The molecule has 1 heterocycles. The molecular weight excluding hydrogens is 460 g/mol. The second kappa shape index (κ2) is 11.9. The standard InChI is InChI=1S/C28H36N2O6/c1-7-29(8-2)14-15-30-25(19-10-9-11-21(16-19)36-18(3)4)24(27(32)28(30)33)26(31)22-17-20(34-5)12-13-23(22)35-6/h9-13,16-18,25,31H,7-8,14-15H2,1-6H3/b26-24+. The van der Waals surface area contributed by atoms with Crippen LogP contribution in [0.5, 0.6) is 17.2 Å². The number of likely N-dealkylation sites (N-methyl/N-ethyl adjacent to an activating group) is 1. The molecule has 2 aromatic carbocycles. The third-order valence-corrected chi connectivity index (χ3v) is 6.30. The second-order valence-corrected chi connectivity index (χ2v) is 8.82. The molecule has 0 spiro atoms. The number of hydrogen-bond acceptors (Lipinski definition) is 7. The number of ether oxygens (including phenoxy) is 3. The van der Waals surface area contributed by atoms with Gasteiger partial charge in [0.2, 0.25) is 0 Å². The van der Waals surface area contributed by atoms with Crippen molar-refractivity contribution in [2.75, 3.05) is 40.4 Å². The molecule has 2 aromatic rings. The molecule has 0 saturated carbocycles. The Bertz CT molecular complexity index is 1120. The van der Waals surface area contributed by atoms with Crippen LogP contribution in [-0.4, -0.2) is 73.1 Å². The molecule has 1 unspecified atom stereocenters. The maximum absolute atomic E-state index is 13.4. The Kier molecular flexibility index (Phi) is 8.98. The SMILES string of the molecule is CCN(CC)CCN1C(=O)C(=O)/C(=C(/O)c2cc(OC)ccc2OC)C1c1cccc(OC(C)C)c1. The number of benzene rings is 2. The van der Waals surface area contributed by atoms with Crippen molar-refractivity contribution in [2.45, 2.75) is 39.8 Å². The molecule has 1 atom stereocenters. The minimum absolute atomic E-state index is 0.00722. The number of aliphatic hydroxyl groups is 1. The summed E-state index contributed by atoms with van der Waals surface area (Å²) in [6.07, 6.45) is -0.0460. The fourth-order valence-corrected chi connectivity index (χ4v) is 4.42. The summed E-state index contributed by atoms with van der Waals surface area (Å²) in [7, 11) is 2.99. The first kappa shape index (κ1) is 27.1. The number of aliphatic hydroxyl groups excluding tert-OH is 1. The van der Waals surface area contributed by atoms with Crippen molar-refractivity contribution in [2.24, 2.45) is 0 Å². The van der Waals surface area contributed by atoms with E-state index >= 15 is 0 Å². The average molecular weight is 497 g/mol. The normalized spacial score (nSPS) is 17.2. The van der Waals surface area contributed by atoms with Crippen LogP contribution in [0.3, 0.4) is 0 Å². The van der Waals surface area contributed by atoms with Crippen molar-refractivity contribution >= 4 is 17.4 Å². The van der Waals surface area contributed by atoms with Crippen LogP contribution in [0.15, 0.2) is 48.0 Å². The van der Waals surface area contributed by atoms with Crippen molar-refractivity contribution < 1.29 is 28.9 Å². The molecule has 1 N–H and O–H groups in total. The molecule has 1 aliphatic heterocycles. The second-order valence-electron chi connectivity index (χ2n) is 8.82. The smallest absolute Gasteiger partial charge is 0.295 e. The number of carbonyl (C=O) groups excluding carboxylic acids is 2. The maximum atomic E-state index is 13.4. The van der Waals surface area contributed by atoms with E-state index in [1.54, 1.807) is 18.2 Å². The molecular formula is C28H36N2O6. The van der Waals surface area contributed by atoms with Crippen LogP contribution in [0.25, 0.3) is 5.76 Å². The molecule has 8 nitrogen and oxygen atoms in total. The monoisotopic (exact) mass is 496 g/mol. The molecule has 3 rings (SSSR count). The molecule has 0 aromatic heterocycles. The van der Waals surface area contributed by atoms with Crippen molar-refractivity contribution in [1.29, 1.82) is 0 Å². The molecule has 194 valence electrons. The maximum Gasteiger partial charge on any atom is 0.295 e. The first-order valence-electron chi connectivity index (χ1n) is 12.2. The van der Waals surface area contributed by atoms with E-state index in [4.69, 9.17) is 14.2 Å². The van der Waals surface area contributed by atoms with E-state index in [1.807, 2.05) is 38.1 Å². The molecule has 36 heavy (non-hydrogen) atoms. The molecule has 1 aliphatic rings. The van der Waals surface area contributed by atoms with Gasteiger partial charge in [-0.1, -0.05) is 26.0 Å². The summed E-state index contributed by atoms with van der Waals surface area (Å²) < 4.78 is 16.6. The lowest BCUT2D eigenvalue weighted by Crippen LogP contribution is -2.38. The highest BCUT2D eigenvalue weighted by Gasteiger charge is 2.46. The van der Waals surface area contributed by atoms with E-state index in [1.165, 1.54) is 19.1 Å². The van der Waals surface area contributed by atoms with E-state index in [9.17, 15) is 14.7 Å². The molecule has 1 amide bonds. The van der Waals surface area contributed by atoms with E-state index in [2.05, 4.69) is 18.7 Å². The Labute approximate surface area is 213 Å². The molecule has 1 fully saturated rings. The van der Waals surface area contributed by atoms with Crippen molar-refractivity contribution in [3.8, 4) is 17.2 Å². The average Bonchev–Trinajstić information content (AvgIpc) is 3.13. The quantitative estimate of drug-likeness (QED) is 0.283. The molecule has 1 saturated heterocycles. The Morgan fingerprint density at radius 2 is 1.75 bits per heavy atom. The van der Waals surface area contributed by atoms with Gasteiger partial charge in [0.15, 0.2) is 0 Å². The van der Waals surface area contributed by atoms with Crippen LogP contribution in [0.2, 0.25) is 0 Å². The number of nitrogens with zero attached hydrogens (tertiary/aromatic N) is 2. The van der Waals surface area contributed by atoms with Gasteiger partial charge in [-0.05, 0) is 62.8 Å². The van der Waals surface area contributed by atoms with Gasteiger partial charge in [0.05, 0.1) is 37.5 Å². The Hall–Kier alpha value is -3.52. The van der Waals surface area contributed by atoms with Gasteiger partial charge in [-0.15, -0.1) is 0 Å². The van der Waals surface area contributed by atoms with Crippen LogP contribution in [0.1, 0.15) is 44.9 Å². The van der Waals surface area contributed by atoms with E-state index in [0.29, 0.717) is 35.9 Å². The largest absolute Gasteiger partial charge is 0.507 e. The first-order chi connectivity index (χ1) is 17.2. The highest BCUT2D eigenvalue weighted by molar-refractivity contribution is 6.46. The Morgan fingerprint density at radius 1 is 1.03 bits per heavy atom. The fourth-order valence-electron chi connectivity index (χ4n) is 4.42.